The van der Waals surface area contributed by atoms with Crippen LogP contribution in [0.4, 0.5) is 10.7 Å². The molecule has 4 rings (SSSR count). The first kappa shape index (κ1) is 19.4. The monoisotopic (exact) mass is 387 g/mol. The lowest BCUT2D eigenvalue weighted by atomic mass is 9.91. The Morgan fingerprint density at radius 3 is 2.46 bits per heavy atom. The van der Waals surface area contributed by atoms with Gasteiger partial charge in [0.1, 0.15) is 5.60 Å². The number of piperidine rings is 1. The maximum absolute atomic E-state index is 12.3. The highest BCUT2D eigenvalue weighted by Crippen LogP contribution is 2.35. The standard InChI is InChI=1S/C21H33N5O2/c1-3-6-17(2)26-16-21(28-20(26)27)7-11-24(12-8-21)15-18-13-22-19(23-14-18)25-9-4-5-10-25/h13-14,17H,3-12,15-16H2,1-2H3/t17-/m1/s1. The van der Waals surface area contributed by atoms with E-state index in [1.807, 2.05) is 17.3 Å². The van der Waals surface area contributed by atoms with Crippen LogP contribution in [-0.2, 0) is 11.3 Å². The van der Waals surface area contributed by atoms with Gasteiger partial charge in [-0.1, -0.05) is 13.3 Å². The van der Waals surface area contributed by atoms with Gasteiger partial charge < -0.3 is 14.5 Å². The molecule has 1 atom stereocenters. The van der Waals surface area contributed by atoms with Gasteiger partial charge in [0.15, 0.2) is 0 Å². The fraction of sp³-hybridized carbons (Fsp3) is 0.762. The Morgan fingerprint density at radius 1 is 1.14 bits per heavy atom. The molecular formula is C21H33N5O2. The van der Waals surface area contributed by atoms with E-state index < -0.39 is 0 Å². The third-order valence-corrected chi connectivity index (χ3v) is 6.49. The van der Waals surface area contributed by atoms with Gasteiger partial charge in [-0.25, -0.2) is 14.8 Å². The van der Waals surface area contributed by atoms with Gasteiger partial charge in [-0.05, 0) is 26.2 Å². The Kier molecular flexibility index (Phi) is 5.71. The lowest BCUT2D eigenvalue weighted by molar-refractivity contribution is -0.00135. The second-order valence-corrected chi connectivity index (χ2v) is 8.68. The zero-order valence-corrected chi connectivity index (χ0v) is 17.3. The molecule has 1 aromatic rings. The van der Waals surface area contributed by atoms with Gasteiger partial charge in [0.25, 0.3) is 0 Å². The maximum atomic E-state index is 12.3. The minimum Gasteiger partial charge on any atom is -0.441 e. The van der Waals surface area contributed by atoms with E-state index in [9.17, 15) is 4.79 Å². The number of ether oxygens (including phenoxy) is 1. The van der Waals surface area contributed by atoms with Crippen LogP contribution in [0.3, 0.4) is 0 Å². The van der Waals surface area contributed by atoms with Crippen molar-refractivity contribution in [2.24, 2.45) is 0 Å². The highest BCUT2D eigenvalue weighted by molar-refractivity contribution is 5.71. The lowest BCUT2D eigenvalue weighted by Gasteiger charge is -2.37. The van der Waals surface area contributed by atoms with Crippen molar-refractivity contribution in [3.05, 3.63) is 18.0 Å². The third-order valence-electron chi connectivity index (χ3n) is 6.49. The summed E-state index contributed by atoms with van der Waals surface area (Å²) in [5, 5.41) is 0. The fourth-order valence-corrected chi connectivity index (χ4v) is 4.71. The van der Waals surface area contributed by atoms with Gasteiger partial charge >= 0.3 is 6.09 Å². The molecule has 0 aromatic carbocycles. The molecule has 4 heterocycles. The number of anilines is 1. The summed E-state index contributed by atoms with van der Waals surface area (Å²) in [7, 11) is 0. The van der Waals surface area contributed by atoms with E-state index in [4.69, 9.17) is 4.74 Å². The molecule has 28 heavy (non-hydrogen) atoms. The van der Waals surface area contributed by atoms with Gasteiger partial charge in [-0.15, -0.1) is 0 Å². The molecule has 7 heteroatoms. The predicted molar refractivity (Wildman–Crippen MR) is 108 cm³/mol. The van der Waals surface area contributed by atoms with E-state index in [1.165, 1.54) is 12.8 Å². The van der Waals surface area contributed by atoms with Gasteiger partial charge in [-0.3, -0.25) is 4.90 Å². The van der Waals surface area contributed by atoms with E-state index in [0.29, 0.717) is 0 Å². The molecule has 0 N–H and O–H groups in total. The van der Waals surface area contributed by atoms with Crippen molar-refractivity contribution >= 4 is 12.0 Å². The van der Waals surface area contributed by atoms with Crippen molar-refractivity contribution in [3.8, 4) is 0 Å². The number of carbonyl (C=O) groups is 1. The van der Waals surface area contributed by atoms with E-state index in [-0.39, 0.29) is 17.7 Å². The molecule has 0 bridgehead atoms. The van der Waals surface area contributed by atoms with Crippen LogP contribution in [0.2, 0.25) is 0 Å². The molecule has 1 spiro atoms. The van der Waals surface area contributed by atoms with E-state index in [1.54, 1.807) is 0 Å². The molecule has 0 aliphatic carbocycles. The van der Waals surface area contributed by atoms with E-state index in [2.05, 4.69) is 33.6 Å². The van der Waals surface area contributed by atoms with Crippen molar-refractivity contribution < 1.29 is 9.53 Å². The van der Waals surface area contributed by atoms with Crippen LogP contribution in [0.25, 0.3) is 0 Å². The molecule has 3 aliphatic heterocycles. The molecule has 0 unspecified atom stereocenters. The fourth-order valence-electron chi connectivity index (χ4n) is 4.71. The van der Waals surface area contributed by atoms with Crippen LogP contribution >= 0.6 is 0 Å². The molecule has 3 fully saturated rings. The molecular weight excluding hydrogens is 354 g/mol. The normalized spacial score (nSPS) is 23.4. The number of rotatable bonds is 6. The first-order valence-corrected chi connectivity index (χ1v) is 10.9. The molecule has 1 amide bonds. The van der Waals surface area contributed by atoms with Crippen molar-refractivity contribution in [1.29, 1.82) is 0 Å². The second kappa shape index (κ2) is 8.23. The Morgan fingerprint density at radius 2 is 1.82 bits per heavy atom. The number of nitrogens with zero attached hydrogens (tertiary/aromatic N) is 5. The summed E-state index contributed by atoms with van der Waals surface area (Å²) in [5.74, 6) is 0.859. The minimum absolute atomic E-state index is 0.125. The molecule has 154 valence electrons. The van der Waals surface area contributed by atoms with Crippen molar-refractivity contribution in [2.45, 2.75) is 70.6 Å². The minimum atomic E-state index is -0.286. The van der Waals surface area contributed by atoms with Crippen molar-refractivity contribution in [3.63, 3.8) is 0 Å². The summed E-state index contributed by atoms with van der Waals surface area (Å²) < 4.78 is 5.87. The number of hydrogen-bond acceptors (Lipinski definition) is 6. The summed E-state index contributed by atoms with van der Waals surface area (Å²) in [6.07, 6.45) is 10.2. The Hall–Kier alpha value is -1.89. The highest BCUT2D eigenvalue weighted by Gasteiger charge is 2.47. The van der Waals surface area contributed by atoms with E-state index >= 15 is 0 Å². The summed E-state index contributed by atoms with van der Waals surface area (Å²) in [6, 6.07) is 0.265. The Labute approximate surface area is 168 Å². The van der Waals surface area contributed by atoms with Crippen molar-refractivity contribution in [2.75, 3.05) is 37.6 Å². The van der Waals surface area contributed by atoms with Crippen LogP contribution in [0.15, 0.2) is 12.4 Å². The molecule has 0 radical (unpaired) electrons. The van der Waals surface area contributed by atoms with Crippen LogP contribution in [0.5, 0.6) is 0 Å². The molecule has 0 saturated carbocycles. The quantitative estimate of drug-likeness (QED) is 0.748. The zero-order chi connectivity index (χ0) is 19.6. The highest BCUT2D eigenvalue weighted by atomic mass is 16.6. The van der Waals surface area contributed by atoms with Gasteiger partial charge in [-0.2, -0.15) is 0 Å². The SMILES string of the molecule is CCC[C@@H](C)N1CC2(CCN(Cc3cnc(N4CCCC4)nc3)CC2)OC1=O. The number of aromatic nitrogens is 2. The van der Waals surface area contributed by atoms with Gasteiger partial charge in [0, 0.05) is 69.6 Å². The lowest BCUT2D eigenvalue weighted by Crippen LogP contribution is -2.47. The van der Waals surface area contributed by atoms with Crippen LogP contribution in [0, 0.1) is 0 Å². The summed E-state index contributed by atoms with van der Waals surface area (Å²) in [5.41, 5.74) is 0.867. The number of hydrogen-bond donors (Lipinski definition) is 0. The average Bonchev–Trinajstić information content (AvgIpc) is 3.33. The smallest absolute Gasteiger partial charge is 0.410 e. The van der Waals surface area contributed by atoms with Crippen LogP contribution in [-0.4, -0.2) is 70.2 Å². The van der Waals surface area contributed by atoms with E-state index in [0.717, 1.165) is 76.5 Å². The largest absolute Gasteiger partial charge is 0.441 e. The summed E-state index contributed by atoms with van der Waals surface area (Å²) >= 11 is 0. The van der Waals surface area contributed by atoms with Crippen LogP contribution in [0.1, 0.15) is 57.9 Å². The van der Waals surface area contributed by atoms with Crippen molar-refractivity contribution in [1.82, 2.24) is 19.8 Å². The topological polar surface area (TPSA) is 61.8 Å². The molecule has 1 aromatic heterocycles. The molecule has 7 nitrogen and oxygen atoms in total. The Bertz CT molecular complexity index is 666. The summed E-state index contributed by atoms with van der Waals surface area (Å²) in [6.45, 7) is 9.92. The molecule has 3 saturated heterocycles. The van der Waals surface area contributed by atoms with Gasteiger partial charge in [0.2, 0.25) is 5.95 Å². The third kappa shape index (κ3) is 4.09. The second-order valence-electron chi connectivity index (χ2n) is 8.68. The first-order valence-electron chi connectivity index (χ1n) is 10.9. The predicted octanol–water partition coefficient (Wildman–Crippen LogP) is 3.05. The van der Waals surface area contributed by atoms with Crippen LogP contribution < -0.4 is 4.90 Å². The Balaban J connectivity index is 1.29. The number of amides is 1. The summed E-state index contributed by atoms with van der Waals surface area (Å²) in [4.78, 5) is 28.1. The maximum Gasteiger partial charge on any atom is 0.410 e. The number of carbonyl (C=O) groups excluding carboxylic acids is 1. The first-order chi connectivity index (χ1) is 13.6. The van der Waals surface area contributed by atoms with Gasteiger partial charge in [0.05, 0.1) is 6.54 Å². The zero-order valence-electron chi connectivity index (χ0n) is 17.3. The number of likely N-dealkylation sites (tertiary alicyclic amines) is 1. The average molecular weight is 388 g/mol. The molecule has 3 aliphatic rings.